The lowest BCUT2D eigenvalue weighted by molar-refractivity contribution is -0.147. The molecule has 0 spiro atoms. The molecule has 0 bridgehead atoms. The summed E-state index contributed by atoms with van der Waals surface area (Å²) in [4.78, 5) is 22.9. The molecule has 27 heavy (non-hydrogen) atoms. The molecule has 0 amide bonds. The van der Waals surface area contributed by atoms with Crippen molar-refractivity contribution < 1.29 is 23.8 Å². The van der Waals surface area contributed by atoms with Crippen LogP contribution in [0.5, 0.6) is 11.5 Å². The highest BCUT2D eigenvalue weighted by Gasteiger charge is 2.09. The molecule has 0 saturated carbocycles. The summed E-state index contributed by atoms with van der Waals surface area (Å²) in [7, 11) is 0. The van der Waals surface area contributed by atoms with Crippen molar-refractivity contribution in [3.63, 3.8) is 0 Å². The van der Waals surface area contributed by atoms with E-state index in [1.807, 2.05) is 42.5 Å². The normalized spacial score (nSPS) is 10.1. The third kappa shape index (κ3) is 5.19. The van der Waals surface area contributed by atoms with Crippen LogP contribution in [0.15, 0.2) is 78.9 Å². The van der Waals surface area contributed by atoms with Crippen molar-refractivity contribution >= 4 is 11.9 Å². The number of hydrogen-bond acceptors (Lipinski definition) is 5. The maximum Gasteiger partial charge on any atom is 0.343 e. The summed E-state index contributed by atoms with van der Waals surface area (Å²) in [5, 5.41) is 0. The van der Waals surface area contributed by atoms with Gasteiger partial charge in [0.15, 0.2) is 0 Å². The summed E-state index contributed by atoms with van der Waals surface area (Å²) in [6, 6.07) is 23.7. The molecule has 0 heterocycles. The molecule has 0 saturated heterocycles. The lowest BCUT2D eigenvalue weighted by atomic mass is 10.1. The van der Waals surface area contributed by atoms with Gasteiger partial charge in [0.1, 0.15) is 11.5 Å². The van der Waals surface area contributed by atoms with Crippen LogP contribution in [0.4, 0.5) is 0 Å². The molecule has 3 aromatic rings. The second kappa shape index (κ2) is 8.67. The molecular weight excluding hydrogens is 344 g/mol. The second-order valence-corrected chi connectivity index (χ2v) is 5.70. The molecule has 5 nitrogen and oxygen atoms in total. The summed E-state index contributed by atoms with van der Waals surface area (Å²) in [5.74, 6) is 0.0670. The third-order valence-corrected chi connectivity index (χ3v) is 3.75. The van der Waals surface area contributed by atoms with Crippen molar-refractivity contribution in [2.24, 2.45) is 0 Å². The number of carbonyl (C=O) groups is 2. The van der Waals surface area contributed by atoms with E-state index in [-0.39, 0.29) is 6.79 Å². The third-order valence-electron chi connectivity index (χ3n) is 3.75. The monoisotopic (exact) mass is 362 g/mol. The molecular formula is C22H18O5. The van der Waals surface area contributed by atoms with Gasteiger partial charge in [0, 0.05) is 6.92 Å². The maximum atomic E-state index is 12.3. The summed E-state index contributed by atoms with van der Waals surface area (Å²) in [5.41, 5.74) is 2.53. The van der Waals surface area contributed by atoms with Crippen LogP contribution in [0, 0.1) is 0 Å². The zero-order chi connectivity index (χ0) is 19.1. The quantitative estimate of drug-likeness (QED) is 0.368. The van der Waals surface area contributed by atoms with Gasteiger partial charge in [0.25, 0.3) is 0 Å². The first-order chi connectivity index (χ1) is 13.1. The number of hydrogen-bond donors (Lipinski definition) is 0. The lowest BCUT2D eigenvalue weighted by Gasteiger charge is -2.08. The van der Waals surface area contributed by atoms with Crippen molar-refractivity contribution in [1.29, 1.82) is 0 Å². The maximum absolute atomic E-state index is 12.3. The van der Waals surface area contributed by atoms with E-state index >= 15 is 0 Å². The van der Waals surface area contributed by atoms with Crippen molar-refractivity contribution in [3.05, 3.63) is 84.4 Å². The van der Waals surface area contributed by atoms with Crippen LogP contribution in [0.2, 0.25) is 0 Å². The SMILES string of the molecule is CC(=O)OCOc1ccc(C(=O)Oc2ccc(-c3ccccc3)cc2)cc1. The molecule has 0 fully saturated rings. The van der Waals surface area contributed by atoms with Crippen molar-refractivity contribution in [1.82, 2.24) is 0 Å². The van der Waals surface area contributed by atoms with Gasteiger partial charge in [-0.05, 0) is 47.5 Å². The topological polar surface area (TPSA) is 61.8 Å². The average molecular weight is 362 g/mol. The first-order valence-corrected chi connectivity index (χ1v) is 8.36. The summed E-state index contributed by atoms with van der Waals surface area (Å²) < 4.78 is 15.3. The zero-order valence-corrected chi connectivity index (χ0v) is 14.8. The van der Waals surface area contributed by atoms with E-state index in [1.54, 1.807) is 36.4 Å². The smallest absolute Gasteiger partial charge is 0.343 e. The van der Waals surface area contributed by atoms with Gasteiger partial charge < -0.3 is 14.2 Å². The Morgan fingerprint density at radius 3 is 1.96 bits per heavy atom. The fourth-order valence-electron chi connectivity index (χ4n) is 2.38. The van der Waals surface area contributed by atoms with Gasteiger partial charge >= 0.3 is 11.9 Å². The van der Waals surface area contributed by atoms with Crippen LogP contribution >= 0.6 is 0 Å². The van der Waals surface area contributed by atoms with E-state index in [0.717, 1.165) is 11.1 Å². The standard InChI is InChI=1S/C22H18O5/c1-16(23)25-15-26-20-11-9-19(10-12-20)22(24)27-21-13-7-18(8-14-21)17-5-3-2-4-6-17/h2-14H,15H2,1H3. The van der Waals surface area contributed by atoms with Crippen LogP contribution < -0.4 is 9.47 Å². The number of benzene rings is 3. The predicted octanol–water partition coefficient (Wildman–Crippen LogP) is 4.47. The van der Waals surface area contributed by atoms with Gasteiger partial charge in [0.05, 0.1) is 5.56 Å². The van der Waals surface area contributed by atoms with Crippen molar-refractivity contribution in [3.8, 4) is 22.6 Å². The minimum Gasteiger partial charge on any atom is -0.457 e. The highest BCUT2D eigenvalue weighted by Crippen LogP contribution is 2.23. The minimum atomic E-state index is -0.464. The number of ether oxygens (including phenoxy) is 3. The van der Waals surface area contributed by atoms with E-state index < -0.39 is 11.9 Å². The van der Waals surface area contributed by atoms with Crippen LogP contribution in [0.1, 0.15) is 17.3 Å². The Bertz CT molecular complexity index is 900. The Hall–Kier alpha value is -3.60. The first-order valence-electron chi connectivity index (χ1n) is 8.36. The zero-order valence-electron chi connectivity index (χ0n) is 14.8. The molecule has 0 unspecified atom stereocenters. The molecule has 0 aliphatic rings. The minimum absolute atomic E-state index is 0.174. The fraction of sp³-hybridized carbons (Fsp3) is 0.0909. The Balaban J connectivity index is 1.59. The van der Waals surface area contributed by atoms with Gasteiger partial charge in [-0.3, -0.25) is 4.79 Å². The molecule has 0 aliphatic carbocycles. The second-order valence-electron chi connectivity index (χ2n) is 5.70. The largest absolute Gasteiger partial charge is 0.457 e. The molecule has 3 aromatic carbocycles. The van der Waals surface area contributed by atoms with E-state index in [0.29, 0.717) is 17.1 Å². The predicted molar refractivity (Wildman–Crippen MR) is 101 cm³/mol. The summed E-state index contributed by atoms with van der Waals surface area (Å²) in [6.45, 7) is 1.13. The van der Waals surface area contributed by atoms with Crippen LogP contribution in [0.3, 0.4) is 0 Å². The lowest BCUT2D eigenvalue weighted by Crippen LogP contribution is -2.09. The number of esters is 2. The molecule has 3 rings (SSSR count). The summed E-state index contributed by atoms with van der Waals surface area (Å²) in [6.07, 6.45) is 0. The van der Waals surface area contributed by atoms with E-state index in [4.69, 9.17) is 14.2 Å². The Morgan fingerprint density at radius 2 is 1.33 bits per heavy atom. The van der Waals surface area contributed by atoms with Gasteiger partial charge in [-0.15, -0.1) is 0 Å². The molecule has 136 valence electrons. The number of carbonyl (C=O) groups excluding carboxylic acids is 2. The van der Waals surface area contributed by atoms with Crippen molar-refractivity contribution in [2.45, 2.75) is 6.92 Å². The van der Waals surface area contributed by atoms with E-state index in [9.17, 15) is 9.59 Å². The number of rotatable bonds is 6. The van der Waals surface area contributed by atoms with Crippen LogP contribution in [-0.2, 0) is 9.53 Å². The van der Waals surface area contributed by atoms with E-state index in [1.165, 1.54) is 6.92 Å². The van der Waals surface area contributed by atoms with E-state index in [2.05, 4.69) is 0 Å². The van der Waals surface area contributed by atoms with Crippen LogP contribution in [-0.4, -0.2) is 18.7 Å². The fourth-order valence-corrected chi connectivity index (χ4v) is 2.38. The Labute approximate surface area is 157 Å². The molecule has 0 N–H and O–H groups in total. The molecule has 0 radical (unpaired) electrons. The molecule has 5 heteroatoms. The molecule has 0 aliphatic heterocycles. The van der Waals surface area contributed by atoms with Crippen LogP contribution in [0.25, 0.3) is 11.1 Å². The molecule has 0 aromatic heterocycles. The first kappa shape index (κ1) is 18.2. The molecule has 0 atom stereocenters. The summed E-state index contributed by atoms with van der Waals surface area (Å²) >= 11 is 0. The van der Waals surface area contributed by atoms with Gasteiger partial charge in [-0.25, -0.2) is 4.79 Å². The highest BCUT2D eigenvalue weighted by atomic mass is 16.7. The van der Waals surface area contributed by atoms with Crippen molar-refractivity contribution in [2.75, 3.05) is 6.79 Å². The average Bonchev–Trinajstić information content (AvgIpc) is 2.69. The Morgan fingerprint density at radius 1 is 0.741 bits per heavy atom. The highest BCUT2D eigenvalue weighted by molar-refractivity contribution is 5.91. The van der Waals surface area contributed by atoms with Gasteiger partial charge in [-0.2, -0.15) is 0 Å². The Kier molecular flexibility index (Phi) is 5.84. The van der Waals surface area contributed by atoms with Gasteiger partial charge in [-0.1, -0.05) is 42.5 Å². The van der Waals surface area contributed by atoms with Gasteiger partial charge in [0.2, 0.25) is 6.79 Å².